The van der Waals surface area contributed by atoms with Gasteiger partial charge in [0.25, 0.3) is 0 Å². The van der Waals surface area contributed by atoms with Crippen molar-refractivity contribution in [2.45, 2.75) is 13.8 Å². The van der Waals surface area contributed by atoms with Gasteiger partial charge in [-0.1, -0.05) is 0 Å². The van der Waals surface area contributed by atoms with E-state index >= 15 is 0 Å². The molecule has 0 fully saturated rings. The van der Waals surface area contributed by atoms with E-state index in [1.807, 2.05) is 26.0 Å². The molecule has 1 aromatic rings. The van der Waals surface area contributed by atoms with Gasteiger partial charge in [0.1, 0.15) is 5.75 Å². The Bertz CT molecular complexity index is 475. The first-order valence-corrected chi connectivity index (χ1v) is 5.57. The number of carbonyl (C=O) groups is 1. The van der Waals surface area contributed by atoms with E-state index in [1.54, 1.807) is 7.11 Å². The van der Waals surface area contributed by atoms with E-state index < -0.39 is 5.97 Å². The minimum absolute atomic E-state index is 0.227. The second-order valence-corrected chi connectivity index (χ2v) is 4.08. The second kappa shape index (κ2) is 6.21. The average Bonchev–Trinajstić information content (AvgIpc) is 2.31. The van der Waals surface area contributed by atoms with Crippen molar-refractivity contribution in [3.8, 4) is 5.75 Å². The molecule has 0 radical (unpaired) electrons. The summed E-state index contributed by atoms with van der Waals surface area (Å²) in [6.45, 7) is 4.19. The molecule has 0 saturated carbocycles. The molecule has 0 bridgehead atoms. The van der Waals surface area contributed by atoms with Gasteiger partial charge in [0.05, 0.1) is 13.7 Å². The Morgan fingerprint density at radius 1 is 1.28 bits per heavy atom. The van der Waals surface area contributed by atoms with Crippen molar-refractivity contribution in [2.75, 3.05) is 20.8 Å². The normalized spacial score (nSPS) is 11.4. The van der Waals surface area contributed by atoms with E-state index in [2.05, 4.69) is 0 Å². The van der Waals surface area contributed by atoms with Gasteiger partial charge in [-0.3, -0.25) is 0 Å². The third kappa shape index (κ3) is 3.34. The molecule has 0 aromatic heterocycles. The molecule has 18 heavy (non-hydrogen) atoms. The predicted octanol–water partition coefficient (Wildman–Crippen LogP) is 2.43. The zero-order valence-corrected chi connectivity index (χ0v) is 11.1. The van der Waals surface area contributed by atoms with E-state index in [9.17, 15) is 4.79 Å². The fourth-order valence-electron chi connectivity index (χ4n) is 1.71. The molecule has 1 aromatic carbocycles. The monoisotopic (exact) mass is 250 g/mol. The maximum Gasteiger partial charge on any atom is 0.328 e. The molecule has 0 aliphatic rings. The third-order valence-corrected chi connectivity index (χ3v) is 2.76. The van der Waals surface area contributed by atoms with E-state index in [0.717, 1.165) is 22.8 Å². The maximum atomic E-state index is 10.8. The van der Waals surface area contributed by atoms with E-state index in [0.29, 0.717) is 11.3 Å². The van der Waals surface area contributed by atoms with Gasteiger partial charge in [0, 0.05) is 18.7 Å². The highest BCUT2D eigenvalue weighted by Gasteiger charge is 2.12. The number of rotatable bonds is 5. The highest BCUT2D eigenvalue weighted by molar-refractivity contribution is 5.91. The summed E-state index contributed by atoms with van der Waals surface area (Å²) in [5.41, 5.74) is 3.52. The van der Waals surface area contributed by atoms with Crippen LogP contribution >= 0.6 is 0 Å². The number of hydrogen-bond acceptors (Lipinski definition) is 3. The molecule has 0 heterocycles. The van der Waals surface area contributed by atoms with Gasteiger partial charge in [0.2, 0.25) is 0 Å². The lowest BCUT2D eigenvalue weighted by molar-refractivity contribution is -0.131. The number of methoxy groups -OCH3 is 2. The molecule has 0 unspecified atom stereocenters. The Labute approximate surface area is 107 Å². The molecule has 4 heteroatoms. The van der Waals surface area contributed by atoms with Crippen LogP contribution in [0.1, 0.15) is 16.7 Å². The molecule has 0 spiro atoms. The molecule has 0 aliphatic carbocycles. The van der Waals surface area contributed by atoms with Crippen LogP contribution in [0.15, 0.2) is 18.2 Å². The van der Waals surface area contributed by atoms with Gasteiger partial charge >= 0.3 is 5.97 Å². The number of aliphatic carboxylic acids is 1. The van der Waals surface area contributed by atoms with Crippen LogP contribution in [-0.4, -0.2) is 31.9 Å². The molecule has 0 saturated heterocycles. The minimum Gasteiger partial charge on any atom is -0.496 e. The van der Waals surface area contributed by atoms with Crippen LogP contribution < -0.4 is 4.74 Å². The largest absolute Gasteiger partial charge is 0.496 e. The Morgan fingerprint density at radius 3 is 2.39 bits per heavy atom. The van der Waals surface area contributed by atoms with E-state index in [1.165, 1.54) is 7.11 Å². The van der Waals surface area contributed by atoms with Crippen molar-refractivity contribution in [1.29, 1.82) is 0 Å². The number of carboxylic acids is 1. The molecule has 1 rings (SSSR count). The van der Waals surface area contributed by atoms with Crippen molar-refractivity contribution in [3.05, 3.63) is 34.9 Å². The lowest BCUT2D eigenvalue weighted by Gasteiger charge is -2.14. The van der Waals surface area contributed by atoms with Crippen LogP contribution in [0.3, 0.4) is 0 Å². The Morgan fingerprint density at radius 2 is 1.89 bits per heavy atom. The van der Waals surface area contributed by atoms with E-state index in [-0.39, 0.29) is 6.61 Å². The smallest absolute Gasteiger partial charge is 0.328 e. The molecule has 0 atom stereocenters. The molecule has 1 N–H and O–H groups in total. The van der Waals surface area contributed by atoms with Crippen LogP contribution in [0.2, 0.25) is 0 Å². The maximum absolute atomic E-state index is 10.8. The molecular weight excluding hydrogens is 232 g/mol. The summed E-state index contributed by atoms with van der Waals surface area (Å²) < 4.78 is 10.3. The van der Waals surface area contributed by atoms with E-state index in [4.69, 9.17) is 14.6 Å². The second-order valence-electron chi connectivity index (χ2n) is 4.08. The first kappa shape index (κ1) is 14.3. The van der Waals surface area contributed by atoms with Crippen molar-refractivity contribution < 1.29 is 19.4 Å². The van der Waals surface area contributed by atoms with Gasteiger partial charge in [-0.2, -0.15) is 0 Å². The highest BCUT2D eigenvalue weighted by atomic mass is 16.5. The SMILES string of the molecule is COC/C(=C\C(=O)O)c1cc(C)c(C)cc1OC. The highest BCUT2D eigenvalue weighted by Crippen LogP contribution is 2.29. The van der Waals surface area contributed by atoms with Gasteiger partial charge in [-0.15, -0.1) is 0 Å². The summed E-state index contributed by atoms with van der Waals surface area (Å²) in [6, 6.07) is 3.82. The van der Waals surface area contributed by atoms with Crippen LogP contribution in [-0.2, 0) is 9.53 Å². The van der Waals surface area contributed by atoms with Crippen molar-refractivity contribution in [2.24, 2.45) is 0 Å². The number of carboxylic acid groups (broad SMARTS) is 1. The lowest BCUT2D eigenvalue weighted by Crippen LogP contribution is -2.02. The van der Waals surface area contributed by atoms with Crippen molar-refractivity contribution in [1.82, 2.24) is 0 Å². The summed E-state index contributed by atoms with van der Waals surface area (Å²) in [5.74, 6) is -0.343. The van der Waals surface area contributed by atoms with Gasteiger partial charge in [-0.25, -0.2) is 4.79 Å². The molecule has 98 valence electrons. The molecule has 4 nitrogen and oxygen atoms in total. The summed E-state index contributed by atoms with van der Waals surface area (Å²) in [4.78, 5) is 10.8. The van der Waals surface area contributed by atoms with Crippen LogP contribution in [0.25, 0.3) is 5.57 Å². The Hall–Kier alpha value is -1.81. The van der Waals surface area contributed by atoms with Gasteiger partial charge in [0.15, 0.2) is 0 Å². The van der Waals surface area contributed by atoms with Crippen molar-refractivity contribution >= 4 is 11.5 Å². The first-order valence-electron chi connectivity index (χ1n) is 5.57. The average molecular weight is 250 g/mol. The first-order chi connectivity index (χ1) is 8.49. The number of hydrogen-bond donors (Lipinski definition) is 1. The van der Waals surface area contributed by atoms with Crippen LogP contribution in [0.4, 0.5) is 0 Å². The minimum atomic E-state index is -0.998. The number of aryl methyl sites for hydroxylation is 2. The van der Waals surface area contributed by atoms with Gasteiger partial charge < -0.3 is 14.6 Å². The number of benzene rings is 1. The van der Waals surface area contributed by atoms with Crippen LogP contribution in [0, 0.1) is 13.8 Å². The number of ether oxygens (including phenoxy) is 2. The molecule has 0 amide bonds. The zero-order chi connectivity index (χ0) is 13.7. The Kier molecular flexibility index (Phi) is 4.92. The fraction of sp³-hybridized carbons (Fsp3) is 0.357. The quantitative estimate of drug-likeness (QED) is 0.815. The summed E-state index contributed by atoms with van der Waals surface area (Å²) in [7, 11) is 3.10. The van der Waals surface area contributed by atoms with Gasteiger partial charge in [-0.05, 0) is 42.7 Å². The zero-order valence-electron chi connectivity index (χ0n) is 11.1. The fourth-order valence-corrected chi connectivity index (χ4v) is 1.71. The predicted molar refractivity (Wildman–Crippen MR) is 70.0 cm³/mol. The lowest BCUT2D eigenvalue weighted by atomic mass is 9.99. The van der Waals surface area contributed by atoms with Crippen molar-refractivity contribution in [3.63, 3.8) is 0 Å². The standard InChI is InChI=1S/C14H18O4/c1-9-5-12(13(18-4)6-10(9)2)11(8-17-3)7-14(15)16/h5-7H,8H2,1-4H3,(H,15,16)/b11-7+. The summed E-state index contributed by atoms with van der Waals surface area (Å²) in [6.07, 6.45) is 1.15. The summed E-state index contributed by atoms with van der Waals surface area (Å²) >= 11 is 0. The topological polar surface area (TPSA) is 55.8 Å². The molecule has 0 aliphatic heterocycles. The third-order valence-electron chi connectivity index (χ3n) is 2.76. The van der Waals surface area contributed by atoms with Crippen LogP contribution in [0.5, 0.6) is 5.75 Å². The summed E-state index contributed by atoms with van der Waals surface area (Å²) in [5, 5.41) is 8.89. The molecular formula is C14H18O4. The Balaban J connectivity index is 3.35.